The Kier molecular flexibility index (Phi) is 6.34. The minimum atomic E-state index is -0.577. The van der Waals surface area contributed by atoms with E-state index >= 15 is 0 Å². The zero-order valence-electron chi connectivity index (χ0n) is 12.3. The molecule has 24 heavy (non-hydrogen) atoms. The molecule has 0 bridgehead atoms. The van der Waals surface area contributed by atoms with Crippen LogP contribution in [0, 0.1) is 0 Å². The van der Waals surface area contributed by atoms with Crippen molar-refractivity contribution in [3.05, 3.63) is 57.5 Å². The highest BCUT2D eigenvalue weighted by Crippen LogP contribution is 2.19. The van der Waals surface area contributed by atoms with Gasteiger partial charge in [-0.25, -0.2) is 5.43 Å². The number of amides is 2. The Morgan fingerprint density at radius 3 is 2.58 bits per heavy atom. The van der Waals surface area contributed by atoms with Crippen LogP contribution in [0.25, 0.3) is 0 Å². The third kappa shape index (κ3) is 5.68. The van der Waals surface area contributed by atoms with E-state index in [0.29, 0.717) is 16.3 Å². The summed E-state index contributed by atoms with van der Waals surface area (Å²) >= 11 is 9.01. The molecule has 124 valence electrons. The first kappa shape index (κ1) is 18.0. The number of hydrogen-bond donors (Lipinski definition) is 3. The van der Waals surface area contributed by atoms with Gasteiger partial charge in [-0.1, -0.05) is 27.5 Å². The largest absolute Gasteiger partial charge is 0.507 e. The summed E-state index contributed by atoms with van der Waals surface area (Å²) in [7, 11) is 0. The number of nitrogens with zero attached hydrogens (tertiary/aromatic N) is 1. The Bertz CT molecular complexity index is 779. The first-order valence-electron chi connectivity index (χ1n) is 6.80. The van der Waals surface area contributed by atoms with Crippen LogP contribution in [0.1, 0.15) is 12.0 Å². The van der Waals surface area contributed by atoms with Gasteiger partial charge in [-0.15, -0.1) is 0 Å². The Morgan fingerprint density at radius 2 is 1.88 bits per heavy atom. The molecule has 8 heteroatoms. The van der Waals surface area contributed by atoms with Crippen molar-refractivity contribution in [3.63, 3.8) is 0 Å². The first-order valence-corrected chi connectivity index (χ1v) is 7.97. The third-order valence-corrected chi connectivity index (χ3v) is 3.58. The van der Waals surface area contributed by atoms with E-state index in [-0.39, 0.29) is 12.2 Å². The Hall–Kier alpha value is -2.38. The van der Waals surface area contributed by atoms with Gasteiger partial charge in [-0.2, -0.15) is 5.10 Å². The number of carbonyl (C=O) groups is 2. The van der Waals surface area contributed by atoms with Gasteiger partial charge < -0.3 is 10.4 Å². The molecule has 0 saturated heterocycles. The van der Waals surface area contributed by atoms with Gasteiger partial charge in [0.25, 0.3) is 0 Å². The van der Waals surface area contributed by atoms with E-state index < -0.39 is 11.8 Å². The van der Waals surface area contributed by atoms with Crippen LogP contribution in [-0.2, 0) is 9.59 Å². The maximum atomic E-state index is 11.7. The zero-order valence-corrected chi connectivity index (χ0v) is 14.6. The monoisotopic (exact) mass is 409 g/mol. The van der Waals surface area contributed by atoms with Crippen molar-refractivity contribution >= 4 is 51.2 Å². The minimum Gasteiger partial charge on any atom is -0.507 e. The number of hydrazone groups is 1. The molecule has 0 aliphatic rings. The van der Waals surface area contributed by atoms with E-state index in [1.807, 2.05) is 0 Å². The summed E-state index contributed by atoms with van der Waals surface area (Å²) in [6.07, 6.45) is 0.902. The fourth-order valence-electron chi connectivity index (χ4n) is 1.73. The number of aromatic hydroxyl groups is 1. The molecular weight excluding hydrogens is 398 g/mol. The van der Waals surface area contributed by atoms with E-state index in [9.17, 15) is 14.7 Å². The lowest BCUT2D eigenvalue weighted by Gasteiger charge is -2.04. The van der Waals surface area contributed by atoms with E-state index in [1.165, 1.54) is 12.3 Å². The second-order valence-electron chi connectivity index (χ2n) is 4.73. The van der Waals surface area contributed by atoms with Crippen molar-refractivity contribution in [2.75, 3.05) is 5.32 Å². The molecule has 0 aromatic heterocycles. The Labute approximate surface area is 151 Å². The molecule has 2 aromatic rings. The average Bonchev–Trinajstić information content (AvgIpc) is 2.53. The summed E-state index contributed by atoms with van der Waals surface area (Å²) < 4.78 is 0.760. The second kappa shape index (κ2) is 8.47. The maximum absolute atomic E-state index is 11.7. The normalized spacial score (nSPS) is 10.6. The predicted molar refractivity (Wildman–Crippen MR) is 96.2 cm³/mol. The van der Waals surface area contributed by atoms with Crippen LogP contribution in [0.5, 0.6) is 5.75 Å². The van der Waals surface area contributed by atoms with Crippen molar-refractivity contribution in [1.29, 1.82) is 0 Å². The van der Waals surface area contributed by atoms with Gasteiger partial charge in [0.2, 0.25) is 11.8 Å². The van der Waals surface area contributed by atoms with Gasteiger partial charge in [0.05, 0.1) is 6.21 Å². The van der Waals surface area contributed by atoms with Gasteiger partial charge in [0.1, 0.15) is 12.2 Å². The van der Waals surface area contributed by atoms with Crippen LogP contribution in [0.3, 0.4) is 0 Å². The predicted octanol–water partition coefficient (Wildman–Crippen LogP) is 3.29. The lowest BCUT2D eigenvalue weighted by atomic mass is 10.2. The number of nitrogens with one attached hydrogen (secondary N) is 2. The number of halogens is 2. The standard InChI is InChI=1S/C16H13BrClN3O3/c17-11-1-6-14(22)10(7-11)9-19-21-16(24)8-15(23)20-13-4-2-12(18)3-5-13/h1-7,9,22H,8H2,(H,20,23)(H,21,24). The second-order valence-corrected chi connectivity index (χ2v) is 6.08. The minimum absolute atomic E-state index is 0.0247. The highest BCUT2D eigenvalue weighted by Gasteiger charge is 2.09. The lowest BCUT2D eigenvalue weighted by Crippen LogP contribution is -2.24. The SMILES string of the molecule is O=C(CC(=O)Nc1ccc(Cl)cc1)NN=Cc1cc(Br)ccc1O. The van der Waals surface area contributed by atoms with Crippen molar-refractivity contribution < 1.29 is 14.7 Å². The topological polar surface area (TPSA) is 90.8 Å². The van der Waals surface area contributed by atoms with Gasteiger partial charge in [-0.3, -0.25) is 9.59 Å². The van der Waals surface area contributed by atoms with E-state index in [0.717, 1.165) is 4.47 Å². The van der Waals surface area contributed by atoms with Crippen molar-refractivity contribution in [2.24, 2.45) is 5.10 Å². The molecule has 0 radical (unpaired) electrons. The molecule has 2 amide bonds. The fourth-order valence-corrected chi connectivity index (χ4v) is 2.23. The highest BCUT2D eigenvalue weighted by molar-refractivity contribution is 9.10. The number of phenols is 1. The summed E-state index contributed by atoms with van der Waals surface area (Å²) in [6, 6.07) is 11.3. The summed E-state index contributed by atoms with van der Waals surface area (Å²) in [5.74, 6) is -1.03. The molecule has 0 aliphatic heterocycles. The number of anilines is 1. The van der Waals surface area contributed by atoms with Crippen molar-refractivity contribution in [1.82, 2.24) is 5.43 Å². The van der Waals surface area contributed by atoms with E-state index in [1.54, 1.807) is 36.4 Å². The van der Waals surface area contributed by atoms with Gasteiger partial charge >= 0.3 is 0 Å². The quantitative estimate of drug-likeness (QED) is 0.401. The van der Waals surface area contributed by atoms with Crippen LogP contribution in [0.4, 0.5) is 5.69 Å². The molecule has 0 spiro atoms. The summed E-state index contributed by atoms with van der Waals surface area (Å²) in [5, 5.41) is 16.5. The Morgan fingerprint density at radius 1 is 1.17 bits per heavy atom. The van der Waals surface area contributed by atoms with Crippen LogP contribution in [0.2, 0.25) is 5.02 Å². The zero-order chi connectivity index (χ0) is 17.5. The van der Waals surface area contributed by atoms with Gasteiger partial charge in [0, 0.05) is 20.7 Å². The van der Waals surface area contributed by atoms with Gasteiger partial charge in [0.15, 0.2) is 0 Å². The van der Waals surface area contributed by atoms with E-state index in [2.05, 4.69) is 31.8 Å². The molecule has 0 saturated carbocycles. The number of rotatable bonds is 5. The van der Waals surface area contributed by atoms with Crippen LogP contribution in [0.15, 0.2) is 52.0 Å². The molecule has 6 nitrogen and oxygen atoms in total. The number of phenolic OH excluding ortho intramolecular Hbond substituents is 1. The van der Waals surface area contributed by atoms with E-state index in [4.69, 9.17) is 11.6 Å². The summed E-state index contributed by atoms with van der Waals surface area (Å²) in [5.41, 5.74) is 3.19. The summed E-state index contributed by atoms with van der Waals surface area (Å²) in [4.78, 5) is 23.4. The number of carbonyl (C=O) groups excluding carboxylic acids is 2. The van der Waals surface area contributed by atoms with Crippen LogP contribution in [-0.4, -0.2) is 23.1 Å². The molecule has 0 aliphatic carbocycles. The maximum Gasteiger partial charge on any atom is 0.249 e. The molecular formula is C16H13BrClN3O3. The van der Waals surface area contributed by atoms with Crippen LogP contribution < -0.4 is 10.7 Å². The molecule has 3 N–H and O–H groups in total. The van der Waals surface area contributed by atoms with Gasteiger partial charge in [-0.05, 0) is 42.5 Å². The molecule has 2 aromatic carbocycles. The third-order valence-electron chi connectivity index (χ3n) is 2.83. The first-order chi connectivity index (χ1) is 11.4. The highest BCUT2D eigenvalue weighted by atomic mass is 79.9. The van der Waals surface area contributed by atoms with Crippen molar-refractivity contribution in [2.45, 2.75) is 6.42 Å². The molecule has 0 atom stereocenters. The number of hydrogen-bond acceptors (Lipinski definition) is 4. The molecule has 0 fully saturated rings. The van der Waals surface area contributed by atoms with Crippen LogP contribution >= 0.6 is 27.5 Å². The fraction of sp³-hybridized carbons (Fsp3) is 0.0625. The summed E-state index contributed by atoms with van der Waals surface area (Å²) in [6.45, 7) is 0. The van der Waals surface area contributed by atoms with Crippen molar-refractivity contribution in [3.8, 4) is 5.75 Å². The lowest BCUT2D eigenvalue weighted by molar-refractivity contribution is -0.126. The smallest absolute Gasteiger partial charge is 0.249 e. The average molecular weight is 411 g/mol. The Balaban J connectivity index is 1.84. The molecule has 0 unspecified atom stereocenters. The molecule has 2 rings (SSSR count). The number of benzene rings is 2. The molecule has 0 heterocycles.